The van der Waals surface area contributed by atoms with Crippen LogP contribution in [-0.2, 0) is 14.4 Å². The number of aromatic nitrogens is 3. The van der Waals surface area contributed by atoms with Gasteiger partial charge in [0.05, 0.1) is 12.2 Å². The van der Waals surface area contributed by atoms with E-state index in [0.29, 0.717) is 38.6 Å². The zero-order chi connectivity index (χ0) is 39.0. The molecule has 0 spiro atoms. The van der Waals surface area contributed by atoms with E-state index >= 15 is 0 Å². The van der Waals surface area contributed by atoms with Crippen LogP contribution in [0.4, 0.5) is 0 Å². The Morgan fingerprint density at radius 3 is 2.21 bits per heavy atom. The molecule has 3 aromatic rings. The summed E-state index contributed by atoms with van der Waals surface area (Å²) < 4.78 is 5.54. The van der Waals surface area contributed by atoms with Gasteiger partial charge in [0, 0.05) is 30.1 Å². The zero-order valence-electron chi connectivity index (χ0n) is 30.9. The molecule has 1 fully saturated rings. The van der Waals surface area contributed by atoms with Crippen molar-refractivity contribution < 1.29 is 43.7 Å². The quantitative estimate of drug-likeness (QED) is 0.0916. The molecule has 16 nitrogen and oxygen atoms in total. The lowest BCUT2D eigenvalue weighted by atomic mass is 9.96. The van der Waals surface area contributed by atoms with Gasteiger partial charge in [0.2, 0.25) is 29.4 Å². The second kappa shape index (κ2) is 17.3. The van der Waals surface area contributed by atoms with Crippen LogP contribution in [-0.4, -0.2) is 95.0 Å². The van der Waals surface area contributed by atoms with Gasteiger partial charge in [-0.15, -0.1) is 10.2 Å². The van der Waals surface area contributed by atoms with Crippen molar-refractivity contribution in [3.63, 3.8) is 0 Å². The van der Waals surface area contributed by atoms with E-state index in [1.807, 2.05) is 27.7 Å². The molecule has 16 heteroatoms. The van der Waals surface area contributed by atoms with Crippen LogP contribution < -0.4 is 16.0 Å². The standard InChI is InChI=1S/C37H49N7O9/c1-20(2)29(31(49)35-43-42-34(53-35)22-16-24(46)18-25(47)17-22)40-33(51)27-10-9-15-44(27)36(52)30(21(3)4)39-28(48)11-7-8-14-37(5,6)41-32(50)26-13-12-23(45)19-38-26/h12-13,16-21,27,29-30,45-47H,7-11,14-15H2,1-6H3,(H,39,48)(H,40,51)(H,41,50)/t27-,29?,30?/m0/s1. The first kappa shape index (κ1) is 40.2. The molecule has 1 saturated heterocycles. The van der Waals surface area contributed by atoms with Crippen molar-refractivity contribution in [3.05, 3.63) is 48.1 Å². The van der Waals surface area contributed by atoms with Gasteiger partial charge in [-0.2, -0.15) is 0 Å². The molecule has 3 heterocycles. The summed E-state index contributed by atoms with van der Waals surface area (Å²) in [6, 6.07) is 3.71. The molecular formula is C37H49N7O9. The van der Waals surface area contributed by atoms with Gasteiger partial charge in [-0.3, -0.25) is 24.0 Å². The Morgan fingerprint density at radius 2 is 1.58 bits per heavy atom. The normalized spacial score (nSPS) is 15.6. The number of likely N-dealkylation sites (tertiary alicyclic amines) is 1. The number of phenolic OH excluding ortho intramolecular Hbond substituents is 2. The van der Waals surface area contributed by atoms with Crippen molar-refractivity contribution in [1.82, 2.24) is 36.0 Å². The van der Waals surface area contributed by atoms with Crippen LogP contribution in [0.15, 0.2) is 40.9 Å². The molecule has 2 unspecified atom stereocenters. The second-order valence-electron chi connectivity index (χ2n) is 14.7. The van der Waals surface area contributed by atoms with Gasteiger partial charge >= 0.3 is 0 Å². The molecule has 2 aromatic heterocycles. The number of aromatic hydroxyl groups is 3. The fourth-order valence-electron chi connectivity index (χ4n) is 6.12. The smallest absolute Gasteiger partial charge is 0.286 e. The van der Waals surface area contributed by atoms with Crippen LogP contribution in [0.25, 0.3) is 11.5 Å². The summed E-state index contributed by atoms with van der Waals surface area (Å²) >= 11 is 0. The summed E-state index contributed by atoms with van der Waals surface area (Å²) in [4.78, 5) is 71.9. The van der Waals surface area contributed by atoms with Gasteiger partial charge in [0.15, 0.2) is 0 Å². The third-order valence-electron chi connectivity index (χ3n) is 9.01. The lowest BCUT2D eigenvalue weighted by molar-refractivity contribution is -0.142. The average molecular weight is 736 g/mol. The summed E-state index contributed by atoms with van der Waals surface area (Å²) in [5.41, 5.74) is -0.209. The van der Waals surface area contributed by atoms with Crippen molar-refractivity contribution in [2.75, 3.05) is 6.54 Å². The number of carbonyl (C=O) groups is 5. The number of amides is 4. The molecule has 0 saturated carbocycles. The largest absolute Gasteiger partial charge is 0.508 e. The third kappa shape index (κ3) is 10.7. The summed E-state index contributed by atoms with van der Waals surface area (Å²) in [6.07, 6.45) is 4.00. The molecule has 4 amide bonds. The van der Waals surface area contributed by atoms with Crippen LogP contribution in [0.1, 0.15) is 101 Å². The molecule has 53 heavy (non-hydrogen) atoms. The highest BCUT2D eigenvalue weighted by Crippen LogP contribution is 2.28. The highest BCUT2D eigenvalue weighted by molar-refractivity contribution is 6.00. The highest BCUT2D eigenvalue weighted by Gasteiger charge is 2.40. The minimum Gasteiger partial charge on any atom is -0.508 e. The number of hydrogen-bond donors (Lipinski definition) is 6. The van der Waals surface area contributed by atoms with Gasteiger partial charge in [-0.1, -0.05) is 34.1 Å². The summed E-state index contributed by atoms with van der Waals surface area (Å²) in [6.45, 7) is 11.1. The molecule has 1 aliphatic heterocycles. The maximum Gasteiger partial charge on any atom is 0.286 e. The number of pyridine rings is 1. The maximum atomic E-state index is 13.8. The molecule has 6 N–H and O–H groups in total. The fraction of sp³-hybridized carbons (Fsp3) is 0.514. The molecule has 1 aromatic carbocycles. The van der Waals surface area contributed by atoms with Crippen LogP contribution in [0.2, 0.25) is 0 Å². The predicted octanol–water partition coefficient (Wildman–Crippen LogP) is 3.47. The van der Waals surface area contributed by atoms with E-state index in [0.717, 1.165) is 6.07 Å². The van der Waals surface area contributed by atoms with E-state index in [4.69, 9.17) is 4.42 Å². The number of phenols is 2. The first-order valence-electron chi connectivity index (χ1n) is 17.7. The Kier molecular flexibility index (Phi) is 13.1. The molecule has 3 atom stereocenters. The van der Waals surface area contributed by atoms with Gasteiger partial charge in [-0.25, -0.2) is 4.98 Å². The first-order chi connectivity index (χ1) is 25.0. The molecular weight excluding hydrogens is 686 g/mol. The SMILES string of the molecule is CC(C)C(NC(=O)[C@@H]1CCCN1C(=O)C(NC(=O)CCCCC(C)(C)NC(=O)c1ccc(O)cn1)C(C)C)C(=O)c1nnc(-c2cc(O)cc(O)c2)o1. The second-order valence-corrected chi connectivity index (χ2v) is 14.7. The number of carbonyl (C=O) groups excluding carboxylic acids is 5. The Morgan fingerprint density at radius 1 is 0.906 bits per heavy atom. The van der Waals surface area contributed by atoms with Gasteiger partial charge in [-0.05, 0) is 75.6 Å². The number of rotatable bonds is 16. The van der Waals surface area contributed by atoms with E-state index in [1.165, 1.54) is 35.4 Å². The monoisotopic (exact) mass is 735 g/mol. The molecule has 0 aliphatic carbocycles. The van der Waals surface area contributed by atoms with Crippen molar-refractivity contribution in [1.29, 1.82) is 0 Å². The van der Waals surface area contributed by atoms with Crippen molar-refractivity contribution in [3.8, 4) is 28.7 Å². The van der Waals surface area contributed by atoms with Crippen molar-refractivity contribution in [2.45, 2.75) is 104 Å². The van der Waals surface area contributed by atoms with Crippen LogP contribution in [0.5, 0.6) is 17.2 Å². The fourth-order valence-corrected chi connectivity index (χ4v) is 6.12. The summed E-state index contributed by atoms with van der Waals surface area (Å²) in [5.74, 6) is -3.89. The van der Waals surface area contributed by atoms with Gasteiger partial charge in [0.1, 0.15) is 35.0 Å². The number of ketones is 1. The molecule has 286 valence electrons. The predicted molar refractivity (Wildman–Crippen MR) is 192 cm³/mol. The van der Waals surface area contributed by atoms with Crippen molar-refractivity contribution >= 4 is 29.4 Å². The topological polar surface area (TPSA) is 237 Å². The van der Waals surface area contributed by atoms with E-state index < -0.39 is 41.3 Å². The van der Waals surface area contributed by atoms with Gasteiger partial charge in [0.25, 0.3) is 11.8 Å². The van der Waals surface area contributed by atoms with Crippen LogP contribution in [0, 0.1) is 11.8 Å². The molecule has 1 aliphatic rings. The number of Topliss-reactive ketones (excluding diaryl/α,β-unsaturated/α-hetero) is 1. The zero-order valence-corrected chi connectivity index (χ0v) is 30.9. The lowest BCUT2D eigenvalue weighted by Gasteiger charge is -2.31. The first-order valence-corrected chi connectivity index (χ1v) is 17.7. The molecule has 0 bridgehead atoms. The number of hydrogen-bond acceptors (Lipinski definition) is 12. The Bertz CT molecular complexity index is 1770. The summed E-state index contributed by atoms with van der Waals surface area (Å²) in [5, 5.41) is 45.2. The van der Waals surface area contributed by atoms with Crippen LogP contribution >= 0.6 is 0 Å². The minimum atomic E-state index is -1.06. The summed E-state index contributed by atoms with van der Waals surface area (Å²) in [7, 11) is 0. The Labute approximate surface area is 307 Å². The van der Waals surface area contributed by atoms with E-state index in [-0.39, 0.29) is 70.3 Å². The molecule has 0 radical (unpaired) electrons. The lowest BCUT2D eigenvalue weighted by Crippen LogP contribution is -2.57. The molecule has 4 rings (SSSR count). The maximum absolute atomic E-state index is 13.8. The number of nitrogens with one attached hydrogen (secondary N) is 3. The van der Waals surface area contributed by atoms with Crippen molar-refractivity contribution in [2.24, 2.45) is 11.8 Å². The number of unbranched alkanes of at least 4 members (excludes halogenated alkanes) is 1. The van der Waals surface area contributed by atoms with Crippen LogP contribution in [0.3, 0.4) is 0 Å². The van der Waals surface area contributed by atoms with Gasteiger partial charge < -0.3 is 40.6 Å². The number of benzene rings is 1. The van der Waals surface area contributed by atoms with E-state index in [1.54, 1.807) is 13.8 Å². The Hall–Kier alpha value is -5.54. The van der Waals surface area contributed by atoms with E-state index in [2.05, 4.69) is 31.1 Å². The Balaban J connectivity index is 1.32. The minimum absolute atomic E-state index is 0.0380. The third-order valence-corrected chi connectivity index (χ3v) is 9.01. The highest BCUT2D eigenvalue weighted by atomic mass is 16.4. The number of nitrogens with zero attached hydrogens (tertiary/aromatic N) is 4. The average Bonchev–Trinajstić information content (AvgIpc) is 3.78. The van der Waals surface area contributed by atoms with E-state index in [9.17, 15) is 39.3 Å².